The lowest BCUT2D eigenvalue weighted by molar-refractivity contribution is -0.123. The third-order valence-electron chi connectivity index (χ3n) is 3.03. The van der Waals surface area contributed by atoms with Crippen molar-refractivity contribution in [1.82, 2.24) is 15.4 Å². The summed E-state index contributed by atoms with van der Waals surface area (Å²) in [7, 11) is 1.53. The van der Waals surface area contributed by atoms with Crippen LogP contribution in [0, 0.1) is 18.3 Å². The second kappa shape index (κ2) is 9.10. The fraction of sp³-hybridized carbons (Fsp3) is 0.235. The summed E-state index contributed by atoms with van der Waals surface area (Å²) in [5.41, 5.74) is 4.65. The molecule has 2 aromatic rings. The number of hydrogen-bond donors (Lipinski definition) is 1. The van der Waals surface area contributed by atoms with Crippen molar-refractivity contribution >= 4 is 12.1 Å². The van der Waals surface area contributed by atoms with E-state index in [4.69, 9.17) is 9.47 Å². The Morgan fingerprint density at radius 2 is 2.36 bits per heavy atom. The molecule has 0 fully saturated rings. The quantitative estimate of drug-likeness (QED) is 0.602. The first-order valence-corrected chi connectivity index (χ1v) is 7.38. The van der Waals surface area contributed by atoms with Gasteiger partial charge < -0.3 is 9.47 Å². The van der Waals surface area contributed by atoms with Crippen LogP contribution in [0.15, 0.2) is 35.7 Å². The Labute approximate surface area is 145 Å². The number of rotatable bonds is 7. The van der Waals surface area contributed by atoms with E-state index in [0.717, 1.165) is 5.56 Å². The van der Waals surface area contributed by atoms with Crippen LogP contribution in [-0.4, -0.2) is 35.8 Å². The predicted molar refractivity (Wildman–Crippen MR) is 89.9 cm³/mol. The van der Waals surface area contributed by atoms with Gasteiger partial charge in [0.25, 0.3) is 5.91 Å². The van der Waals surface area contributed by atoms with E-state index >= 15 is 0 Å². The maximum absolute atomic E-state index is 11.8. The van der Waals surface area contributed by atoms with Gasteiger partial charge in [-0.15, -0.1) is 0 Å². The summed E-state index contributed by atoms with van der Waals surface area (Å²) < 4.78 is 10.4. The maximum Gasteiger partial charge on any atom is 0.278 e. The van der Waals surface area contributed by atoms with Gasteiger partial charge in [-0.1, -0.05) is 6.07 Å². The summed E-state index contributed by atoms with van der Waals surface area (Å²) in [6, 6.07) is 7.33. The van der Waals surface area contributed by atoms with Crippen LogP contribution in [0.5, 0.6) is 5.88 Å². The number of nitriles is 1. The number of aryl methyl sites for hydroxylation is 1. The fourth-order valence-electron chi connectivity index (χ4n) is 2.00. The largest absolute Gasteiger partial charge is 0.467 e. The van der Waals surface area contributed by atoms with Gasteiger partial charge in [-0.3, -0.25) is 9.78 Å². The molecule has 1 amide bonds. The number of hydrazone groups is 1. The smallest absolute Gasteiger partial charge is 0.278 e. The Kier molecular flexibility index (Phi) is 6.56. The summed E-state index contributed by atoms with van der Waals surface area (Å²) in [4.78, 5) is 19.9. The van der Waals surface area contributed by atoms with Gasteiger partial charge in [0.05, 0.1) is 12.8 Å². The molecular formula is C17H17N5O3. The van der Waals surface area contributed by atoms with E-state index in [1.807, 2.05) is 6.07 Å². The standard InChI is InChI=1S/C17H17N5O3/c1-12-6-14(10-24-2)15(7-18)17(21-12)25-11-16(23)22-20-9-13-4-3-5-19-8-13/h3-6,8-9H,10-11H2,1-2H3,(H,22,23). The van der Waals surface area contributed by atoms with Crippen molar-refractivity contribution in [2.75, 3.05) is 13.7 Å². The second-order valence-corrected chi connectivity index (χ2v) is 5.02. The summed E-state index contributed by atoms with van der Waals surface area (Å²) in [5.74, 6) is -0.374. The van der Waals surface area contributed by atoms with E-state index in [1.54, 1.807) is 37.5 Å². The van der Waals surface area contributed by atoms with Gasteiger partial charge in [0.15, 0.2) is 6.61 Å². The fourth-order valence-corrected chi connectivity index (χ4v) is 2.00. The van der Waals surface area contributed by atoms with E-state index in [-0.39, 0.29) is 24.7 Å². The van der Waals surface area contributed by atoms with Crippen molar-refractivity contribution < 1.29 is 14.3 Å². The lowest BCUT2D eigenvalue weighted by Crippen LogP contribution is -2.25. The van der Waals surface area contributed by atoms with E-state index in [0.29, 0.717) is 11.3 Å². The topological polar surface area (TPSA) is 109 Å². The molecule has 0 aliphatic rings. The molecule has 0 spiro atoms. The molecule has 8 heteroatoms. The number of hydrogen-bond acceptors (Lipinski definition) is 7. The van der Waals surface area contributed by atoms with Crippen LogP contribution < -0.4 is 10.2 Å². The number of nitrogens with one attached hydrogen (secondary N) is 1. The number of amides is 1. The molecule has 0 saturated heterocycles. The normalized spacial score (nSPS) is 10.4. The van der Waals surface area contributed by atoms with E-state index in [1.165, 1.54) is 13.3 Å². The monoisotopic (exact) mass is 339 g/mol. The number of nitrogens with zero attached hydrogens (tertiary/aromatic N) is 4. The SMILES string of the molecule is COCc1cc(C)nc(OCC(=O)NN=Cc2cccnc2)c1C#N. The molecule has 0 radical (unpaired) electrons. The average Bonchev–Trinajstić information content (AvgIpc) is 2.61. The minimum atomic E-state index is -0.472. The van der Waals surface area contributed by atoms with Gasteiger partial charge in [-0.25, -0.2) is 10.4 Å². The number of aromatic nitrogens is 2. The second-order valence-electron chi connectivity index (χ2n) is 5.02. The number of carbonyl (C=O) groups excluding carboxylic acids is 1. The van der Waals surface area contributed by atoms with Crippen molar-refractivity contribution in [3.63, 3.8) is 0 Å². The van der Waals surface area contributed by atoms with Gasteiger partial charge in [0, 0.05) is 36.3 Å². The maximum atomic E-state index is 11.8. The Balaban J connectivity index is 1.97. The van der Waals surface area contributed by atoms with E-state index in [9.17, 15) is 10.1 Å². The number of pyridine rings is 2. The van der Waals surface area contributed by atoms with Crippen LogP contribution in [0.25, 0.3) is 0 Å². The lowest BCUT2D eigenvalue weighted by Gasteiger charge is -2.10. The summed E-state index contributed by atoms with van der Waals surface area (Å²) in [6.07, 6.45) is 4.72. The molecule has 8 nitrogen and oxygen atoms in total. The molecule has 0 aromatic carbocycles. The van der Waals surface area contributed by atoms with Gasteiger partial charge in [0.1, 0.15) is 11.6 Å². The molecule has 25 heavy (non-hydrogen) atoms. The molecular weight excluding hydrogens is 322 g/mol. The van der Waals surface area contributed by atoms with Crippen molar-refractivity contribution in [1.29, 1.82) is 5.26 Å². The first-order chi connectivity index (χ1) is 12.1. The molecule has 128 valence electrons. The molecule has 2 rings (SSSR count). The molecule has 0 atom stereocenters. The van der Waals surface area contributed by atoms with Gasteiger partial charge in [-0.05, 0) is 19.1 Å². The minimum absolute atomic E-state index is 0.0981. The molecule has 0 aliphatic heterocycles. The first-order valence-electron chi connectivity index (χ1n) is 7.38. The van der Waals surface area contributed by atoms with Crippen molar-refractivity contribution in [2.24, 2.45) is 5.10 Å². The molecule has 0 unspecified atom stereocenters. The van der Waals surface area contributed by atoms with Crippen molar-refractivity contribution in [3.05, 3.63) is 53.0 Å². The third kappa shape index (κ3) is 5.37. The van der Waals surface area contributed by atoms with Gasteiger partial charge in [-0.2, -0.15) is 10.4 Å². The van der Waals surface area contributed by atoms with Gasteiger partial charge >= 0.3 is 0 Å². The van der Waals surface area contributed by atoms with Crippen LogP contribution in [0.2, 0.25) is 0 Å². The number of ether oxygens (including phenoxy) is 2. The van der Waals surface area contributed by atoms with E-state index in [2.05, 4.69) is 20.5 Å². The highest BCUT2D eigenvalue weighted by molar-refractivity contribution is 5.82. The third-order valence-corrected chi connectivity index (χ3v) is 3.03. The molecule has 0 saturated carbocycles. The van der Waals surface area contributed by atoms with Gasteiger partial charge in [0.2, 0.25) is 5.88 Å². The van der Waals surface area contributed by atoms with Crippen LogP contribution >= 0.6 is 0 Å². The molecule has 0 bridgehead atoms. The zero-order valence-corrected chi connectivity index (χ0v) is 13.9. The molecule has 2 aromatic heterocycles. The highest BCUT2D eigenvalue weighted by atomic mass is 16.5. The highest BCUT2D eigenvalue weighted by Crippen LogP contribution is 2.21. The minimum Gasteiger partial charge on any atom is -0.467 e. The molecule has 1 N–H and O–H groups in total. The zero-order chi connectivity index (χ0) is 18.1. The number of carbonyl (C=O) groups is 1. The van der Waals surface area contributed by atoms with Crippen molar-refractivity contribution in [2.45, 2.75) is 13.5 Å². The lowest BCUT2D eigenvalue weighted by atomic mass is 10.1. The summed E-state index contributed by atoms with van der Waals surface area (Å²) >= 11 is 0. The summed E-state index contributed by atoms with van der Waals surface area (Å²) in [6.45, 7) is 1.71. The van der Waals surface area contributed by atoms with E-state index < -0.39 is 5.91 Å². The number of methoxy groups -OCH3 is 1. The summed E-state index contributed by atoms with van der Waals surface area (Å²) in [5, 5.41) is 13.1. The Bertz CT molecular complexity index is 800. The Morgan fingerprint density at radius 3 is 3.04 bits per heavy atom. The van der Waals surface area contributed by atoms with Crippen LogP contribution in [-0.2, 0) is 16.1 Å². The van der Waals surface area contributed by atoms with Crippen LogP contribution in [0.1, 0.15) is 22.4 Å². The van der Waals surface area contributed by atoms with Crippen LogP contribution in [0.4, 0.5) is 0 Å². The molecule has 2 heterocycles. The Hall–Kier alpha value is -3.31. The van der Waals surface area contributed by atoms with Crippen molar-refractivity contribution in [3.8, 4) is 11.9 Å². The Morgan fingerprint density at radius 1 is 1.52 bits per heavy atom. The first kappa shape index (κ1) is 18.0. The predicted octanol–water partition coefficient (Wildman–Crippen LogP) is 1.33. The van der Waals surface area contributed by atoms with Crippen LogP contribution in [0.3, 0.4) is 0 Å². The highest BCUT2D eigenvalue weighted by Gasteiger charge is 2.14. The zero-order valence-electron chi connectivity index (χ0n) is 13.9. The molecule has 0 aliphatic carbocycles. The average molecular weight is 339 g/mol.